The van der Waals surface area contributed by atoms with Gasteiger partial charge in [0.1, 0.15) is 5.75 Å². The summed E-state index contributed by atoms with van der Waals surface area (Å²) in [6, 6.07) is 16.0. The molecule has 0 aliphatic carbocycles. The second kappa shape index (κ2) is 7.80. The lowest BCUT2D eigenvalue weighted by Gasteiger charge is -2.10. The lowest BCUT2D eigenvalue weighted by molar-refractivity contribution is -0.119. The monoisotopic (exact) mass is 300 g/mol. The lowest BCUT2D eigenvalue weighted by Crippen LogP contribution is -2.25. The molecule has 0 spiro atoms. The van der Waals surface area contributed by atoms with E-state index < -0.39 is 11.8 Å². The predicted octanol–water partition coefficient (Wildman–Crippen LogP) is 1.41. The Hall–Kier alpha value is -2.86. The smallest absolute Gasteiger partial charge is 0.278 e. The van der Waals surface area contributed by atoms with Crippen molar-refractivity contribution in [3.63, 3.8) is 0 Å². The van der Waals surface area contributed by atoms with E-state index in [0.29, 0.717) is 0 Å². The van der Waals surface area contributed by atoms with Crippen LogP contribution in [0.5, 0.6) is 5.75 Å². The minimum absolute atomic E-state index is 0.247. The lowest BCUT2D eigenvalue weighted by atomic mass is 10.2. The number of hydroxylamine groups is 1. The molecule has 114 valence electrons. The first-order valence-corrected chi connectivity index (χ1v) is 6.63. The van der Waals surface area contributed by atoms with Gasteiger partial charge in [-0.05, 0) is 17.7 Å². The average Bonchev–Trinajstić information content (AvgIpc) is 2.54. The van der Waals surface area contributed by atoms with Crippen LogP contribution in [0, 0.1) is 0 Å². The summed E-state index contributed by atoms with van der Waals surface area (Å²) in [5.41, 5.74) is 8.55. The van der Waals surface area contributed by atoms with Gasteiger partial charge >= 0.3 is 0 Å². The van der Waals surface area contributed by atoms with Gasteiger partial charge in [-0.15, -0.1) is 0 Å². The number of carbonyl (C=O) groups is 2. The number of primary amides is 1. The van der Waals surface area contributed by atoms with Crippen LogP contribution in [-0.4, -0.2) is 18.4 Å². The van der Waals surface area contributed by atoms with Gasteiger partial charge in [0.2, 0.25) is 0 Å². The van der Waals surface area contributed by atoms with Gasteiger partial charge in [-0.2, -0.15) is 0 Å². The zero-order valence-electron chi connectivity index (χ0n) is 11.8. The topological polar surface area (TPSA) is 90.7 Å². The number of nitrogens with two attached hydrogens (primary N) is 1. The quantitative estimate of drug-likeness (QED) is 0.756. The fraction of sp³-hybridized carbons (Fsp3) is 0.125. The third-order valence-electron chi connectivity index (χ3n) is 2.75. The highest BCUT2D eigenvalue weighted by Gasteiger charge is 2.12. The second-order valence-electron chi connectivity index (χ2n) is 4.46. The Labute approximate surface area is 127 Å². The highest BCUT2D eigenvalue weighted by molar-refractivity contribution is 5.96. The van der Waals surface area contributed by atoms with E-state index in [2.05, 4.69) is 5.48 Å². The van der Waals surface area contributed by atoms with Crippen molar-refractivity contribution in [1.29, 1.82) is 0 Å². The van der Waals surface area contributed by atoms with Gasteiger partial charge in [0.25, 0.3) is 11.8 Å². The number of carbonyl (C=O) groups excluding carboxylic acids is 2. The van der Waals surface area contributed by atoms with Crippen molar-refractivity contribution in [2.24, 2.45) is 5.73 Å². The number of ether oxygens (including phenoxy) is 1. The SMILES string of the molecule is NC(=O)COc1ccccc1C(=O)NOCc1ccccc1. The molecule has 2 aromatic carbocycles. The van der Waals surface area contributed by atoms with Crippen LogP contribution in [0.2, 0.25) is 0 Å². The number of para-hydroxylation sites is 1. The molecule has 22 heavy (non-hydrogen) atoms. The van der Waals surface area contributed by atoms with Crippen LogP contribution in [0.25, 0.3) is 0 Å². The Balaban J connectivity index is 1.93. The number of hydrogen-bond donors (Lipinski definition) is 2. The third-order valence-corrected chi connectivity index (χ3v) is 2.75. The molecule has 0 aromatic heterocycles. The van der Waals surface area contributed by atoms with Crippen molar-refractivity contribution >= 4 is 11.8 Å². The van der Waals surface area contributed by atoms with Crippen molar-refractivity contribution in [3.8, 4) is 5.75 Å². The van der Waals surface area contributed by atoms with Gasteiger partial charge in [0, 0.05) is 0 Å². The standard InChI is InChI=1S/C16H16N2O4/c17-15(19)11-21-14-9-5-4-8-13(14)16(20)18-22-10-12-6-2-1-3-7-12/h1-9H,10-11H2,(H2,17,19)(H,18,20). The first-order chi connectivity index (χ1) is 10.7. The van der Waals surface area contributed by atoms with E-state index in [0.717, 1.165) is 5.56 Å². The Morgan fingerprint density at radius 2 is 1.68 bits per heavy atom. The molecule has 0 atom stereocenters. The molecule has 0 unspecified atom stereocenters. The molecule has 0 aliphatic heterocycles. The van der Waals surface area contributed by atoms with Gasteiger partial charge in [-0.1, -0.05) is 42.5 Å². The molecule has 0 saturated carbocycles. The molecular formula is C16H16N2O4. The number of rotatable bonds is 7. The molecule has 0 saturated heterocycles. The summed E-state index contributed by atoms with van der Waals surface area (Å²) in [6.45, 7) is -0.0495. The Bertz CT molecular complexity index is 644. The molecule has 3 N–H and O–H groups in total. The Morgan fingerprint density at radius 1 is 1.00 bits per heavy atom. The maximum atomic E-state index is 12.1. The van der Waals surface area contributed by atoms with E-state index >= 15 is 0 Å². The maximum Gasteiger partial charge on any atom is 0.278 e. The summed E-state index contributed by atoms with van der Waals surface area (Å²) >= 11 is 0. The minimum atomic E-state index is -0.615. The van der Waals surface area contributed by atoms with Crippen molar-refractivity contribution in [2.75, 3.05) is 6.61 Å². The predicted molar refractivity (Wildman–Crippen MR) is 79.8 cm³/mol. The van der Waals surface area contributed by atoms with Gasteiger partial charge in [-0.25, -0.2) is 5.48 Å². The van der Waals surface area contributed by atoms with E-state index in [1.54, 1.807) is 24.3 Å². The first kappa shape index (κ1) is 15.5. The second-order valence-corrected chi connectivity index (χ2v) is 4.46. The zero-order chi connectivity index (χ0) is 15.8. The number of hydrogen-bond acceptors (Lipinski definition) is 4. The van der Waals surface area contributed by atoms with Crippen LogP contribution >= 0.6 is 0 Å². The normalized spacial score (nSPS) is 10.0. The third kappa shape index (κ3) is 4.60. The van der Waals surface area contributed by atoms with E-state index in [-0.39, 0.29) is 24.5 Å². The molecule has 0 aliphatic rings. The Kier molecular flexibility index (Phi) is 5.50. The number of amides is 2. The summed E-state index contributed by atoms with van der Waals surface area (Å²) in [4.78, 5) is 28.0. The molecule has 6 nitrogen and oxygen atoms in total. The highest BCUT2D eigenvalue weighted by atomic mass is 16.6. The summed E-state index contributed by atoms with van der Waals surface area (Å²) in [5, 5.41) is 0. The molecule has 2 aromatic rings. The molecule has 0 bridgehead atoms. The van der Waals surface area contributed by atoms with Crippen molar-refractivity contribution < 1.29 is 19.2 Å². The van der Waals surface area contributed by atoms with Crippen LogP contribution in [0.1, 0.15) is 15.9 Å². The summed E-state index contributed by atoms with van der Waals surface area (Å²) in [6.07, 6.45) is 0. The molecule has 2 amide bonds. The van der Waals surface area contributed by atoms with Gasteiger partial charge in [0.05, 0.1) is 12.2 Å². The van der Waals surface area contributed by atoms with Crippen LogP contribution < -0.4 is 16.0 Å². The largest absolute Gasteiger partial charge is 0.483 e. The molecule has 6 heteroatoms. The van der Waals surface area contributed by atoms with Gasteiger partial charge < -0.3 is 10.5 Å². The fourth-order valence-corrected chi connectivity index (χ4v) is 1.74. The fourth-order valence-electron chi connectivity index (χ4n) is 1.74. The maximum absolute atomic E-state index is 12.1. The van der Waals surface area contributed by atoms with Crippen molar-refractivity contribution in [3.05, 3.63) is 65.7 Å². The zero-order valence-corrected chi connectivity index (χ0v) is 11.8. The summed E-state index contributed by atoms with van der Waals surface area (Å²) in [5.74, 6) is -0.811. The van der Waals surface area contributed by atoms with Gasteiger partial charge in [-0.3, -0.25) is 14.4 Å². The van der Waals surface area contributed by atoms with Crippen LogP contribution in [0.15, 0.2) is 54.6 Å². The van der Waals surface area contributed by atoms with Crippen LogP contribution in [0.3, 0.4) is 0 Å². The molecule has 0 radical (unpaired) electrons. The van der Waals surface area contributed by atoms with Gasteiger partial charge in [0.15, 0.2) is 6.61 Å². The molecular weight excluding hydrogens is 284 g/mol. The Morgan fingerprint density at radius 3 is 2.41 bits per heavy atom. The molecule has 0 fully saturated rings. The highest BCUT2D eigenvalue weighted by Crippen LogP contribution is 2.17. The van der Waals surface area contributed by atoms with E-state index in [1.165, 1.54) is 0 Å². The first-order valence-electron chi connectivity index (χ1n) is 6.63. The number of benzene rings is 2. The van der Waals surface area contributed by atoms with Crippen LogP contribution in [0.4, 0.5) is 0 Å². The van der Waals surface area contributed by atoms with Crippen molar-refractivity contribution in [2.45, 2.75) is 6.61 Å². The molecule has 2 rings (SSSR count). The van der Waals surface area contributed by atoms with E-state index in [1.807, 2.05) is 30.3 Å². The number of nitrogens with one attached hydrogen (secondary N) is 1. The summed E-state index contributed by atoms with van der Waals surface area (Å²) in [7, 11) is 0. The van der Waals surface area contributed by atoms with Crippen molar-refractivity contribution in [1.82, 2.24) is 5.48 Å². The summed E-state index contributed by atoms with van der Waals surface area (Å²) < 4.78 is 5.19. The average molecular weight is 300 g/mol. The minimum Gasteiger partial charge on any atom is -0.483 e. The van der Waals surface area contributed by atoms with Crippen LogP contribution in [-0.2, 0) is 16.2 Å². The van der Waals surface area contributed by atoms with E-state index in [4.69, 9.17) is 15.3 Å². The van der Waals surface area contributed by atoms with E-state index in [9.17, 15) is 9.59 Å². The molecule has 0 heterocycles.